The third-order valence-electron chi connectivity index (χ3n) is 6.15. The molecular formula is C30H33FO6. The number of esters is 1. The van der Waals surface area contributed by atoms with Crippen LogP contribution in [0.1, 0.15) is 23.6 Å². The third-order valence-corrected chi connectivity index (χ3v) is 6.15. The van der Waals surface area contributed by atoms with Crippen molar-refractivity contribution in [2.24, 2.45) is 0 Å². The van der Waals surface area contributed by atoms with Crippen LogP contribution in [-0.2, 0) is 48.3 Å². The molecule has 1 heterocycles. The van der Waals surface area contributed by atoms with Gasteiger partial charge in [0.1, 0.15) is 31.0 Å². The number of hydrogen-bond acceptors (Lipinski definition) is 6. The van der Waals surface area contributed by atoms with Crippen molar-refractivity contribution < 1.29 is 32.9 Å². The quantitative estimate of drug-likeness (QED) is 0.320. The Morgan fingerprint density at radius 2 is 1.24 bits per heavy atom. The fraction of sp³-hybridized carbons (Fsp3) is 0.367. The average Bonchev–Trinajstić information content (AvgIpc) is 2.94. The van der Waals surface area contributed by atoms with Gasteiger partial charge in [-0.1, -0.05) is 91.0 Å². The minimum atomic E-state index is -1.59. The largest absolute Gasteiger partial charge is 0.463 e. The highest BCUT2D eigenvalue weighted by molar-refractivity contribution is 5.65. The van der Waals surface area contributed by atoms with E-state index in [-0.39, 0.29) is 13.2 Å². The number of rotatable bonds is 12. The Morgan fingerprint density at radius 1 is 0.784 bits per heavy atom. The van der Waals surface area contributed by atoms with Gasteiger partial charge < -0.3 is 23.7 Å². The molecule has 0 radical (unpaired) electrons. The summed E-state index contributed by atoms with van der Waals surface area (Å²) in [6.07, 6.45) is -4.52. The molecule has 1 saturated heterocycles. The highest BCUT2D eigenvalue weighted by atomic mass is 19.1. The Hall–Kier alpha value is -3.10. The van der Waals surface area contributed by atoms with Gasteiger partial charge in [-0.2, -0.15) is 0 Å². The lowest BCUT2D eigenvalue weighted by atomic mass is 9.96. The van der Waals surface area contributed by atoms with E-state index in [1.54, 1.807) is 0 Å². The molecule has 1 aliphatic heterocycles. The van der Waals surface area contributed by atoms with E-state index in [0.29, 0.717) is 13.2 Å². The van der Waals surface area contributed by atoms with Gasteiger partial charge in [0.25, 0.3) is 0 Å². The SMILES string of the molecule is CC(=O)OC[C@H](F)C1OC[C@H](OCc2ccccc2)C(OCc2ccccc2)C1OCc1ccccc1. The Morgan fingerprint density at radius 3 is 1.73 bits per heavy atom. The summed E-state index contributed by atoms with van der Waals surface area (Å²) in [4.78, 5) is 11.3. The molecule has 6 nitrogen and oxygen atoms in total. The van der Waals surface area contributed by atoms with E-state index in [2.05, 4.69) is 0 Å². The molecule has 0 spiro atoms. The lowest BCUT2D eigenvalue weighted by Gasteiger charge is -2.43. The van der Waals surface area contributed by atoms with E-state index in [1.165, 1.54) is 6.92 Å². The first-order valence-corrected chi connectivity index (χ1v) is 12.5. The van der Waals surface area contributed by atoms with Crippen LogP contribution in [0.5, 0.6) is 0 Å². The molecule has 3 unspecified atom stereocenters. The zero-order valence-electron chi connectivity index (χ0n) is 20.9. The molecule has 1 fully saturated rings. The highest BCUT2D eigenvalue weighted by Gasteiger charge is 2.46. The predicted molar refractivity (Wildman–Crippen MR) is 136 cm³/mol. The molecule has 0 N–H and O–H groups in total. The first-order valence-electron chi connectivity index (χ1n) is 12.5. The van der Waals surface area contributed by atoms with Crippen LogP contribution in [0.2, 0.25) is 0 Å². The van der Waals surface area contributed by atoms with Gasteiger partial charge in [-0.05, 0) is 16.7 Å². The predicted octanol–water partition coefficient (Wildman–Crippen LogP) is 5.04. The van der Waals surface area contributed by atoms with E-state index < -0.39 is 43.2 Å². The standard InChI is InChI=1S/C30H33FO6/c1-22(32)33-20-26(31)28-30(36-19-25-15-9-4-10-16-25)29(35-18-24-13-7-3-8-14-24)27(21-37-28)34-17-23-11-5-2-6-12-23/h2-16,26-30H,17-21H2,1H3/t26-,27-,28?,29?,30?/m0/s1. The van der Waals surface area contributed by atoms with Gasteiger partial charge in [-0.15, -0.1) is 0 Å². The Kier molecular flexibility index (Phi) is 10.2. The van der Waals surface area contributed by atoms with Crippen LogP contribution >= 0.6 is 0 Å². The van der Waals surface area contributed by atoms with Crippen LogP contribution in [0.4, 0.5) is 4.39 Å². The molecule has 0 saturated carbocycles. The molecule has 0 aliphatic carbocycles. The van der Waals surface area contributed by atoms with E-state index in [0.717, 1.165) is 16.7 Å². The van der Waals surface area contributed by atoms with Crippen molar-refractivity contribution in [3.63, 3.8) is 0 Å². The van der Waals surface area contributed by atoms with E-state index in [4.69, 9.17) is 23.7 Å². The smallest absolute Gasteiger partial charge is 0.302 e. The number of carbonyl (C=O) groups excluding carboxylic acids is 1. The summed E-state index contributed by atoms with van der Waals surface area (Å²) in [5.74, 6) is -0.554. The molecule has 196 valence electrons. The molecule has 0 aromatic heterocycles. The van der Waals surface area contributed by atoms with Gasteiger partial charge in [0, 0.05) is 6.92 Å². The summed E-state index contributed by atoms with van der Waals surface area (Å²) in [5, 5.41) is 0. The molecule has 1 aliphatic rings. The maximum atomic E-state index is 15.4. The molecule has 4 rings (SSSR count). The third kappa shape index (κ3) is 8.20. The summed E-state index contributed by atoms with van der Waals surface area (Å²) in [6, 6.07) is 29.2. The molecule has 3 aromatic rings. The number of alkyl halides is 1. The lowest BCUT2D eigenvalue weighted by molar-refractivity contribution is -0.251. The highest BCUT2D eigenvalue weighted by Crippen LogP contribution is 2.29. The van der Waals surface area contributed by atoms with E-state index >= 15 is 4.39 Å². The van der Waals surface area contributed by atoms with Crippen LogP contribution in [0.15, 0.2) is 91.0 Å². The minimum absolute atomic E-state index is 0.114. The molecule has 37 heavy (non-hydrogen) atoms. The first kappa shape index (κ1) is 26.9. The lowest BCUT2D eigenvalue weighted by Crippen LogP contribution is -2.59. The average molecular weight is 509 g/mol. The summed E-state index contributed by atoms with van der Waals surface area (Å²) >= 11 is 0. The van der Waals surface area contributed by atoms with E-state index in [9.17, 15) is 4.79 Å². The minimum Gasteiger partial charge on any atom is -0.463 e. The van der Waals surface area contributed by atoms with Crippen LogP contribution < -0.4 is 0 Å². The van der Waals surface area contributed by atoms with Crippen molar-refractivity contribution in [3.05, 3.63) is 108 Å². The molecule has 0 bridgehead atoms. The number of ether oxygens (including phenoxy) is 5. The zero-order chi connectivity index (χ0) is 25.9. The maximum absolute atomic E-state index is 15.4. The van der Waals surface area contributed by atoms with E-state index in [1.807, 2.05) is 91.0 Å². The van der Waals surface area contributed by atoms with Crippen LogP contribution in [0.25, 0.3) is 0 Å². The van der Waals surface area contributed by atoms with Crippen LogP contribution in [-0.4, -0.2) is 49.8 Å². The summed E-state index contributed by atoms with van der Waals surface area (Å²) in [5.41, 5.74) is 2.92. The monoisotopic (exact) mass is 508 g/mol. The normalized spacial score (nSPS) is 22.3. The number of hydrogen-bond donors (Lipinski definition) is 0. The zero-order valence-corrected chi connectivity index (χ0v) is 20.9. The molecule has 5 atom stereocenters. The topological polar surface area (TPSA) is 63.2 Å². The van der Waals surface area contributed by atoms with Crippen LogP contribution in [0, 0.1) is 0 Å². The van der Waals surface area contributed by atoms with Crippen molar-refractivity contribution in [1.29, 1.82) is 0 Å². The second kappa shape index (κ2) is 14.0. The Balaban J connectivity index is 1.55. The van der Waals surface area contributed by atoms with Gasteiger partial charge in [-0.3, -0.25) is 4.79 Å². The van der Waals surface area contributed by atoms with Crippen LogP contribution in [0.3, 0.4) is 0 Å². The van der Waals surface area contributed by atoms with Gasteiger partial charge >= 0.3 is 5.97 Å². The summed E-state index contributed by atoms with van der Waals surface area (Å²) in [6.45, 7) is 1.83. The first-order chi connectivity index (χ1) is 18.1. The molecule has 3 aromatic carbocycles. The number of halogens is 1. The van der Waals surface area contributed by atoms with Gasteiger partial charge in [0.2, 0.25) is 0 Å². The molecule has 0 amide bonds. The van der Waals surface area contributed by atoms with Crippen molar-refractivity contribution in [1.82, 2.24) is 0 Å². The number of carbonyl (C=O) groups is 1. The van der Waals surface area contributed by atoms with Gasteiger partial charge in [-0.25, -0.2) is 4.39 Å². The van der Waals surface area contributed by atoms with Crippen molar-refractivity contribution in [2.45, 2.75) is 57.3 Å². The fourth-order valence-corrected chi connectivity index (χ4v) is 4.24. The van der Waals surface area contributed by atoms with Crippen molar-refractivity contribution in [3.8, 4) is 0 Å². The van der Waals surface area contributed by atoms with Gasteiger partial charge in [0.15, 0.2) is 6.17 Å². The van der Waals surface area contributed by atoms with Crippen molar-refractivity contribution in [2.75, 3.05) is 13.2 Å². The second-order valence-electron chi connectivity index (χ2n) is 8.97. The number of benzene rings is 3. The summed E-state index contributed by atoms with van der Waals surface area (Å²) in [7, 11) is 0. The summed E-state index contributed by atoms with van der Waals surface area (Å²) < 4.78 is 45.2. The Labute approximate surface area is 217 Å². The second-order valence-corrected chi connectivity index (χ2v) is 8.97. The van der Waals surface area contributed by atoms with Crippen molar-refractivity contribution >= 4 is 5.97 Å². The Bertz CT molecular complexity index is 1070. The molecular weight excluding hydrogens is 475 g/mol. The fourth-order valence-electron chi connectivity index (χ4n) is 4.24. The maximum Gasteiger partial charge on any atom is 0.302 e. The molecule has 7 heteroatoms. The van der Waals surface area contributed by atoms with Gasteiger partial charge in [0.05, 0.1) is 26.4 Å².